The second kappa shape index (κ2) is 8.77. The lowest BCUT2D eigenvalue weighted by atomic mass is 9.79. The Morgan fingerprint density at radius 2 is 1.97 bits per heavy atom. The molecule has 2 aliphatic rings. The van der Waals surface area contributed by atoms with E-state index >= 15 is 0 Å². The van der Waals surface area contributed by atoms with Crippen molar-refractivity contribution in [3.05, 3.63) is 89.0 Å². The summed E-state index contributed by atoms with van der Waals surface area (Å²) in [6.07, 6.45) is 13.5. The van der Waals surface area contributed by atoms with Gasteiger partial charge < -0.3 is 19.1 Å². The maximum absolute atomic E-state index is 6.63. The molecular weight excluding hydrogens is 494 g/mol. The van der Waals surface area contributed by atoms with Gasteiger partial charge in [-0.3, -0.25) is 0 Å². The van der Waals surface area contributed by atoms with Crippen molar-refractivity contribution in [1.82, 2.24) is 24.9 Å². The van der Waals surface area contributed by atoms with Crippen molar-refractivity contribution < 1.29 is 9.15 Å². The first-order chi connectivity index (χ1) is 17.9. The molecule has 1 fully saturated rings. The molecule has 0 bridgehead atoms. The number of thiophene rings is 1. The predicted octanol–water partition coefficient (Wildman–Crippen LogP) is 5.52. The molecule has 182 valence electrons. The van der Waals surface area contributed by atoms with Crippen LogP contribution in [-0.4, -0.2) is 37.6 Å². The van der Waals surface area contributed by atoms with Gasteiger partial charge in [-0.15, -0.1) is 22.7 Å². The summed E-state index contributed by atoms with van der Waals surface area (Å²) in [6.45, 7) is 0.688. The highest BCUT2D eigenvalue weighted by Gasteiger charge is 2.62. The number of ether oxygens (including phenoxy) is 1. The van der Waals surface area contributed by atoms with Gasteiger partial charge in [-0.25, -0.2) is 25.0 Å². The number of thiazole rings is 1. The Morgan fingerprint density at radius 1 is 0.972 bits per heavy atom. The number of nitrogens with one attached hydrogen (secondary N) is 2. The summed E-state index contributed by atoms with van der Waals surface area (Å²) in [4.78, 5) is 21.2. The highest BCUT2D eigenvalue weighted by Crippen LogP contribution is 2.59. The molecule has 2 atom stereocenters. The number of hydrogen-bond donors (Lipinski definition) is 2. The zero-order valence-electron chi connectivity index (χ0n) is 19.2. The molecule has 0 spiro atoms. The molecule has 0 radical (unpaired) electrons. The number of anilines is 2. The second-order valence-corrected chi connectivity index (χ2v) is 10.4. The van der Waals surface area contributed by atoms with Gasteiger partial charge in [0.15, 0.2) is 5.54 Å². The van der Waals surface area contributed by atoms with Crippen LogP contribution in [0.15, 0.2) is 76.7 Å². The molecule has 0 aromatic carbocycles. The van der Waals surface area contributed by atoms with Crippen LogP contribution >= 0.6 is 22.7 Å². The first-order valence-corrected chi connectivity index (χ1v) is 13.6. The third kappa shape index (κ3) is 3.13. The number of nitrogens with zero attached hydrogens (tertiary/aromatic N) is 5. The molecule has 2 N–H and O–H groups in total. The van der Waals surface area contributed by atoms with Crippen molar-refractivity contribution in [2.75, 3.05) is 16.6 Å². The van der Waals surface area contributed by atoms with Gasteiger partial charge in [0.25, 0.3) is 0 Å². The molecule has 9 nitrogen and oxygen atoms in total. The molecule has 0 amide bonds. The third-order valence-electron chi connectivity index (χ3n) is 6.67. The van der Waals surface area contributed by atoms with Crippen molar-refractivity contribution in [1.29, 1.82) is 0 Å². The SMILES string of the molecule is c1c[nH]c(N2C(c3ncco3)=C(c3nccs3)C(c3ncc[nH]3)(C3CCCCO3)N2c2cccs2)c1. The molecule has 7 rings (SSSR count). The van der Waals surface area contributed by atoms with E-state index < -0.39 is 5.54 Å². The predicted molar refractivity (Wildman–Crippen MR) is 139 cm³/mol. The largest absolute Gasteiger partial charge is 0.443 e. The number of imidazole rings is 1. The van der Waals surface area contributed by atoms with Crippen LogP contribution in [0.1, 0.15) is 36.0 Å². The van der Waals surface area contributed by atoms with E-state index in [0.717, 1.165) is 52.2 Å². The van der Waals surface area contributed by atoms with E-state index in [1.807, 2.05) is 36.1 Å². The Bertz CT molecular complexity index is 1420. The molecular formula is C25H23N7O2S2. The normalized spacial score (nSPS) is 22.6. The lowest BCUT2D eigenvalue weighted by molar-refractivity contribution is -0.0205. The van der Waals surface area contributed by atoms with Gasteiger partial charge >= 0.3 is 0 Å². The first-order valence-electron chi connectivity index (χ1n) is 11.8. The minimum atomic E-state index is -0.860. The number of hydrogen-bond acceptors (Lipinski definition) is 9. The summed E-state index contributed by atoms with van der Waals surface area (Å²) in [5.41, 5.74) is 0.892. The van der Waals surface area contributed by atoms with E-state index in [0.29, 0.717) is 12.5 Å². The van der Waals surface area contributed by atoms with Crippen molar-refractivity contribution in [2.24, 2.45) is 0 Å². The van der Waals surface area contributed by atoms with Crippen molar-refractivity contribution in [3.8, 4) is 0 Å². The molecule has 11 heteroatoms. The monoisotopic (exact) mass is 517 g/mol. The van der Waals surface area contributed by atoms with Crippen LogP contribution < -0.4 is 10.0 Å². The zero-order chi connectivity index (χ0) is 24.0. The summed E-state index contributed by atoms with van der Waals surface area (Å²) in [6, 6.07) is 8.22. The Labute approximate surface area is 215 Å². The quantitative estimate of drug-likeness (QED) is 0.306. The summed E-state index contributed by atoms with van der Waals surface area (Å²) >= 11 is 3.25. The van der Waals surface area contributed by atoms with Crippen LogP contribution in [0.4, 0.5) is 10.8 Å². The Hall–Kier alpha value is -3.67. The van der Waals surface area contributed by atoms with Crippen LogP contribution in [0.3, 0.4) is 0 Å². The van der Waals surface area contributed by atoms with E-state index in [2.05, 4.69) is 42.5 Å². The van der Waals surface area contributed by atoms with Gasteiger partial charge in [0.2, 0.25) is 5.89 Å². The average Bonchev–Trinajstić information content (AvgIpc) is 3.73. The molecule has 1 saturated heterocycles. The maximum atomic E-state index is 6.63. The molecule has 5 aromatic heterocycles. The Kier molecular flexibility index (Phi) is 5.26. The first kappa shape index (κ1) is 21.6. The minimum Gasteiger partial charge on any atom is -0.443 e. The van der Waals surface area contributed by atoms with Crippen LogP contribution in [0.25, 0.3) is 11.3 Å². The standard InChI is InChI=1S/C25H23N7O2S2/c1-2-13-33-17(5-1)25(24-29-9-10-30-24)20(23-28-12-16-36-23)21(22-27-11-14-34-22)31(18-6-3-8-26-18)32(25)19-7-4-15-35-19/h3-4,6-12,14-17,26H,1-2,5,13H2,(H,29,30). The number of aromatic amines is 2. The van der Waals surface area contributed by atoms with Gasteiger partial charge in [0, 0.05) is 36.8 Å². The van der Waals surface area contributed by atoms with E-state index in [1.165, 1.54) is 0 Å². The summed E-state index contributed by atoms with van der Waals surface area (Å²) in [5.74, 6) is 2.15. The van der Waals surface area contributed by atoms with Crippen LogP contribution in [0.5, 0.6) is 0 Å². The van der Waals surface area contributed by atoms with Gasteiger partial charge in [-0.2, -0.15) is 0 Å². The number of H-pyrrole nitrogens is 2. The highest BCUT2D eigenvalue weighted by atomic mass is 32.1. The van der Waals surface area contributed by atoms with Gasteiger partial charge in [-0.05, 0) is 48.9 Å². The molecule has 2 aliphatic heterocycles. The van der Waals surface area contributed by atoms with E-state index in [9.17, 15) is 0 Å². The van der Waals surface area contributed by atoms with Crippen LogP contribution in [0, 0.1) is 0 Å². The van der Waals surface area contributed by atoms with Crippen molar-refractivity contribution >= 4 is 44.8 Å². The molecule has 0 aliphatic carbocycles. The van der Waals surface area contributed by atoms with Gasteiger partial charge in [-0.1, -0.05) is 0 Å². The number of rotatable bonds is 6. The van der Waals surface area contributed by atoms with Crippen molar-refractivity contribution in [2.45, 2.75) is 30.9 Å². The summed E-state index contributed by atoms with van der Waals surface area (Å²) < 4.78 is 12.6. The molecule has 5 aromatic rings. The van der Waals surface area contributed by atoms with E-state index in [4.69, 9.17) is 19.1 Å². The van der Waals surface area contributed by atoms with Crippen molar-refractivity contribution in [3.63, 3.8) is 0 Å². The number of oxazole rings is 1. The molecule has 7 heterocycles. The highest BCUT2D eigenvalue weighted by molar-refractivity contribution is 7.14. The van der Waals surface area contributed by atoms with Gasteiger partial charge in [0.1, 0.15) is 33.6 Å². The summed E-state index contributed by atoms with van der Waals surface area (Å²) in [5, 5.41) is 10.4. The fourth-order valence-corrected chi connectivity index (χ4v) is 6.88. The molecule has 2 unspecified atom stereocenters. The van der Waals surface area contributed by atoms with E-state index in [-0.39, 0.29) is 6.10 Å². The third-order valence-corrected chi connectivity index (χ3v) is 8.31. The minimum absolute atomic E-state index is 0.205. The number of hydrazine groups is 1. The van der Waals surface area contributed by atoms with Crippen LogP contribution in [0.2, 0.25) is 0 Å². The Morgan fingerprint density at radius 3 is 2.64 bits per heavy atom. The van der Waals surface area contributed by atoms with E-state index in [1.54, 1.807) is 41.3 Å². The Balaban J connectivity index is 1.64. The lowest BCUT2D eigenvalue weighted by Crippen LogP contribution is -2.58. The van der Waals surface area contributed by atoms with Crippen LogP contribution in [-0.2, 0) is 10.3 Å². The molecule has 0 saturated carbocycles. The zero-order valence-corrected chi connectivity index (χ0v) is 20.8. The fourth-order valence-electron chi connectivity index (χ4n) is 5.36. The number of aromatic nitrogens is 5. The fraction of sp³-hybridized carbons (Fsp3) is 0.240. The molecule has 36 heavy (non-hydrogen) atoms. The summed E-state index contributed by atoms with van der Waals surface area (Å²) in [7, 11) is 0. The lowest BCUT2D eigenvalue weighted by Gasteiger charge is -2.47. The topological polar surface area (TPSA) is 99.1 Å². The maximum Gasteiger partial charge on any atom is 0.245 e. The van der Waals surface area contributed by atoms with Gasteiger partial charge in [0.05, 0.1) is 17.9 Å². The smallest absolute Gasteiger partial charge is 0.245 e. The average molecular weight is 518 g/mol. The second-order valence-electron chi connectivity index (χ2n) is 8.59.